The molecule has 0 spiro atoms. The summed E-state index contributed by atoms with van der Waals surface area (Å²) in [7, 11) is 0. The van der Waals surface area contributed by atoms with E-state index in [0.717, 1.165) is 23.3 Å². The van der Waals surface area contributed by atoms with Crippen molar-refractivity contribution in [3.8, 4) is 0 Å². The molecule has 23 heavy (non-hydrogen) atoms. The van der Waals surface area contributed by atoms with E-state index < -0.39 is 23.3 Å². The van der Waals surface area contributed by atoms with Crippen LogP contribution in [-0.2, 0) is 21.1 Å². The van der Waals surface area contributed by atoms with Crippen LogP contribution in [0.4, 0.5) is 13.2 Å². The molecule has 2 aromatic rings. The third-order valence-electron chi connectivity index (χ3n) is 4.82. The third-order valence-corrected chi connectivity index (χ3v) is 4.82. The summed E-state index contributed by atoms with van der Waals surface area (Å²) in [5.41, 5.74) is 0.908. The minimum Gasteiger partial charge on any atom is -0.457 e. The fourth-order valence-corrected chi connectivity index (χ4v) is 3.83. The molecule has 0 saturated carbocycles. The molecule has 2 aliphatic rings. The smallest absolute Gasteiger partial charge is 0.416 e. The molecule has 2 nitrogen and oxygen atoms in total. The highest BCUT2D eigenvalue weighted by Gasteiger charge is 2.52. The molecule has 0 N–H and O–H groups in total. The van der Waals surface area contributed by atoms with E-state index >= 15 is 0 Å². The van der Waals surface area contributed by atoms with Gasteiger partial charge in [0, 0.05) is 11.8 Å². The van der Waals surface area contributed by atoms with E-state index in [1.54, 1.807) is 0 Å². The fraction of sp³-hybridized carbons (Fsp3) is 0.278. The quantitative estimate of drug-likeness (QED) is 0.729. The summed E-state index contributed by atoms with van der Waals surface area (Å²) >= 11 is 0. The van der Waals surface area contributed by atoms with Gasteiger partial charge in [0.1, 0.15) is 6.10 Å². The summed E-state index contributed by atoms with van der Waals surface area (Å²) < 4.78 is 44.3. The van der Waals surface area contributed by atoms with Gasteiger partial charge >= 0.3 is 12.1 Å². The standard InChI is InChI=1S/C18H13F3O2/c19-18(20,21)12-6-7-14-13(8-12)15-9-17(14,10-16(22)23-15)11-4-2-1-3-5-11/h1-8,15H,9-10H2/t15?,17-/m0/s1. The summed E-state index contributed by atoms with van der Waals surface area (Å²) in [6, 6.07) is 13.2. The number of esters is 1. The second-order valence-electron chi connectivity index (χ2n) is 6.11. The number of halogens is 3. The summed E-state index contributed by atoms with van der Waals surface area (Å²) in [4.78, 5) is 12.0. The Balaban J connectivity index is 1.92. The molecule has 0 aromatic heterocycles. The Bertz CT molecular complexity index is 783. The lowest BCUT2D eigenvalue weighted by molar-refractivity contribution is -0.155. The van der Waals surface area contributed by atoms with Gasteiger partial charge in [-0.2, -0.15) is 13.2 Å². The highest BCUT2D eigenvalue weighted by atomic mass is 19.4. The maximum atomic E-state index is 13.0. The van der Waals surface area contributed by atoms with Crippen LogP contribution >= 0.6 is 0 Å². The van der Waals surface area contributed by atoms with E-state index in [0.29, 0.717) is 12.0 Å². The summed E-state index contributed by atoms with van der Waals surface area (Å²) in [6.07, 6.45) is -4.35. The van der Waals surface area contributed by atoms with Crippen LogP contribution < -0.4 is 0 Å². The molecule has 1 heterocycles. The number of rotatable bonds is 1. The molecule has 2 bridgehead atoms. The zero-order chi connectivity index (χ0) is 16.2. The average Bonchev–Trinajstić information content (AvgIpc) is 2.76. The van der Waals surface area contributed by atoms with Gasteiger partial charge in [0.25, 0.3) is 0 Å². The zero-order valence-electron chi connectivity index (χ0n) is 12.1. The van der Waals surface area contributed by atoms with E-state index in [2.05, 4.69) is 0 Å². The van der Waals surface area contributed by atoms with Gasteiger partial charge < -0.3 is 4.74 Å². The SMILES string of the molecule is O=C1C[C@]2(c3ccccc3)CC(O1)c1cc(C(F)(F)F)ccc12. The largest absolute Gasteiger partial charge is 0.457 e. The van der Waals surface area contributed by atoms with E-state index in [1.807, 2.05) is 30.3 Å². The van der Waals surface area contributed by atoms with Gasteiger partial charge in [-0.25, -0.2) is 0 Å². The molecule has 0 amide bonds. The van der Waals surface area contributed by atoms with Crippen molar-refractivity contribution < 1.29 is 22.7 Å². The molecule has 2 aromatic carbocycles. The molecule has 1 aliphatic heterocycles. The van der Waals surface area contributed by atoms with Gasteiger partial charge in [-0.3, -0.25) is 4.79 Å². The minimum atomic E-state index is -4.41. The Hall–Kier alpha value is -2.30. The van der Waals surface area contributed by atoms with Crippen molar-refractivity contribution >= 4 is 5.97 Å². The molecule has 118 valence electrons. The first-order chi connectivity index (χ1) is 10.9. The number of carbonyl (C=O) groups excluding carboxylic acids is 1. The lowest BCUT2D eigenvalue weighted by Crippen LogP contribution is -2.33. The topological polar surface area (TPSA) is 26.3 Å². The second kappa shape index (κ2) is 4.60. The molecule has 1 saturated heterocycles. The first-order valence-corrected chi connectivity index (χ1v) is 7.37. The number of fused-ring (bicyclic) bond motifs is 5. The second-order valence-corrected chi connectivity index (χ2v) is 6.11. The summed E-state index contributed by atoms with van der Waals surface area (Å²) in [5, 5.41) is 0. The van der Waals surface area contributed by atoms with Crippen LogP contribution in [0.1, 0.15) is 41.2 Å². The Morgan fingerprint density at radius 2 is 1.83 bits per heavy atom. The minimum absolute atomic E-state index is 0.159. The number of benzene rings is 2. The van der Waals surface area contributed by atoms with Gasteiger partial charge in [0.05, 0.1) is 12.0 Å². The van der Waals surface area contributed by atoms with E-state index in [-0.39, 0.29) is 12.4 Å². The van der Waals surface area contributed by atoms with Gasteiger partial charge in [-0.1, -0.05) is 36.4 Å². The maximum Gasteiger partial charge on any atom is 0.416 e. The molecular formula is C18H13F3O2. The highest BCUT2D eigenvalue weighted by Crippen LogP contribution is 2.56. The van der Waals surface area contributed by atoms with Gasteiger partial charge in [-0.05, 0) is 28.8 Å². The Kier molecular flexibility index (Phi) is 2.86. The van der Waals surface area contributed by atoms with Crippen molar-refractivity contribution in [1.29, 1.82) is 0 Å². The van der Waals surface area contributed by atoms with Crippen LogP contribution in [0.25, 0.3) is 0 Å². The Morgan fingerprint density at radius 3 is 2.52 bits per heavy atom. The van der Waals surface area contributed by atoms with Crippen LogP contribution in [0.15, 0.2) is 48.5 Å². The predicted octanol–water partition coefficient (Wildman–Crippen LogP) is 4.38. The van der Waals surface area contributed by atoms with Crippen LogP contribution in [0, 0.1) is 0 Å². The van der Waals surface area contributed by atoms with Crippen molar-refractivity contribution in [2.45, 2.75) is 30.5 Å². The lowest BCUT2D eigenvalue weighted by atomic mass is 9.72. The molecule has 2 atom stereocenters. The number of carbonyl (C=O) groups is 1. The molecule has 1 unspecified atom stereocenters. The first kappa shape index (κ1) is 14.3. The van der Waals surface area contributed by atoms with Gasteiger partial charge in [-0.15, -0.1) is 0 Å². The number of ether oxygens (including phenoxy) is 1. The molecule has 1 aliphatic carbocycles. The number of alkyl halides is 3. The maximum absolute atomic E-state index is 13.0. The van der Waals surface area contributed by atoms with Crippen molar-refractivity contribution in [3.05, 3.63) is 70.8 Å². The first-order valence-electron chi connectivity index (χ1n) is 7.37. The monoisotopic (exact) mass is 318 g/mol. The van der Waals surface area contributed by atoms with E-state index in [1.165, 1.54) is 6.07 Å². The van der Waals surface area contributed by atoms with Crippen LogP contribution in [-0.4, -0.2) is 5.97 Å². The van der Waals surface area contributed by atoms with Crippen molar-refractivity contribution in [2.24, 2.45) is 0 Å². The van der Waals surface area contributed by atoms with Crippen LogP contribution in [0.2, 0.25) is 0 Å². The van der Waals surface area contributed by atoms with Crippen molar-refractivity contribution in [1.82, 2.24) is 0 Å². The highest BCUT2D eigenvalue weighted by molar-refractivity contribution is 5.77. The molecule has 0 radical (unpaired) electrons. The Labute approximate surface area is 130 Å². The van der Waals surface area contributed by atoms with E-state index in [4.69, 9.17) is 4.74 Å². The van der Waals surface area contributed by atoms with E-state index in [9.17, 15) is 18.0 Å². The number of hydrogen-bond donors (Lipinski definition) is 0. The molecule has 5 heteroatoms. The van der Waals surface area contributed by atoms with Gasteiger partial charge in [0.2, 0.25) is 0 Å². The molecule has 1 fully saturated rings. The number of hydrogen-bond acceptors (Lipinski definition) is 2. The van der Waals surface area contributed by atoms with Crippen molar-refractivity contribution in [3.63, 3.8) is 0 Å². The third kappa shape index (κ3) is 2.06. The fourth-order valence-electron chi connectivity index (χ4n) is 3.83. The van der Waals surface area contributed by atoms with Crippen LogP contribution in [0.5, 0.6) is 0 Å². The average molecular weight is 318 g/mol. The summed E-state index contributed by atoms with van der Waals surface area (Å²) in [5.74, 6) is -0.366. The summed E-state index contributed by atoms with van der Waals surface area (Å²) in [6.45, 7) is 0. The normalized spacial score (nSPS) is 25.9. The zero-order valence-corrected chi connectivity index (χ0v) is 12.1. The van der Waals surface area contributed by atoms with Crippen molar-refractivity contribution in [2.75, 3.05) is 0 Å². The van der Waals surface area contributed by atoms with Crippen LogP contribution in [0.3, 0.4) is 0 Å². The molecular weight excluding hydrogens is 305 g/mol. The molecule has 4 rings (SSSR count). The predicted molar refractivity (Wildman–Crippen MR) is 76.7 cm³/mol. The van der Waals surface area contributed by atoms with Gasteiger partial charge in [0.15, 0.2) is 0 Å². The lowest BCUT2D eigenvalue weighted by Gasteiger charge is -2.33. The Morgan fingerprint density at radius 1 is 1.09 bits per heavy atom.